The fraction of sp³-hybridized carbons (Fsp3) is 0.333. The van der Waals surface area contributed by atoms with Crippen LogP contribution in [-0.2, 0) is 22.3 Å². The maximum Gasteiger partial charge on any atom is 0.435 e. The number of hydrogen-bond donors (Lipinski definition) is 8. The van der Waals surface area contributed by atoms with Gasteiger partial charge in [-0.1, -0.05) is 17.7 Å². The Morgan fingerprint density at radius 2 is 1.82 bits per heavy atom. The van der Waals surface area contributed by atoms with Crippen LogP contribution >= 0.6 is 11.6 Å². The lowest BCUT2D eigenvalue weighted by Gasteiger charge is -2.12. The van der Waals surface area contributed by atoms with Gasteiger partial charge >= 0.3 is 6.18 Å². The number of aromatic amines is 2. The molecule has 4 aromatic rings. The minimum Gasteiger partial charge on any atom is -0.397 e. The van der Waals surface area contributed by atoms with Crippen molar-refractivity contribution in [3.63, 3.8) is 0 Å². The molecule has 1 aromatic carbocycles. The lowest BCUT2D eigenvalue weighted by atomic mass is 10.1. The predicted octanol–water partition coefficient (Wildman–Crippen LogP) is 1.63. The van der Waals surface area contributed by atoms with E-state index in [1.54, 1.807) is 6.07 Å². The van der Waals surface area contributed by atoms with E-state index >= 15 is 0 Å². The van der Waals surface area contributed by atoms with Crippen molar-refractivity contribution in [3.05, 3.63) is 70.4 Å². The smallest absolute Gasteiger partial charge is 0.397 e. The van der Waals surface area contributed by atoms with E-state index in [1.807, 2.05) is 0 Å². The third-order valence-electron chi connectivity index (χ3n) is 7.37. The molecule has 0 radical (unpaired) electrons. The van der Waals surface area contributed by atoms with Crippen molar-refractivity contribution >= 4 is 35.0 Å². The number of nitrogen functional groups attached to an aromatic ring is 1. The minimum absolute atomic E-state index is 0.0294. The second-order valence-electron chi connectivity index (χ2n) is 10.9. The zero-order chi connectivity index (χ0) is 35.1. The summed E-state index contributed by atoms with van der Waals surface area (Å²) in [5, 5.41) is 26.3. The largest absolute Gasteiger partial charge is 0.435 e. The van der Waals surface area contributed by atoms with Gasteiger partial charge in [0.05, 0.1) is 76.7 Å². The first kappa shape index (κ1) is 35.3. The molecule has 260 valence electrons. The number of β-amino-alcohol motifs (C(OH)–C–C–N with tert-alkyl or cyclic N) is 1. The first-order valence-corrected chi connectivity index (χ1v) is 15.3. The van der Waals surface area contributed by atoms with E-state index < -0.39 is 35.8 Å². The van der Waals surface area contributed by atoms with Gasteiger partial charge in [-0.15, -0.1) is 0 Å². The fourth-order valence-electron chi connectivity index (χ4n) is 4.95. The quantitative estimate of drug-likeness (QED) is 0.0939. The van der Waals surface area contributed by atoms with E-state index in [-0.39, 0.29) is 77.8 Å². The van der Waals surface area contributed by atoms with Crippen LogP contribution in [0.5, 0.6) is 0 Å². The summed E-state index contributed by atoms with van der Waals surface area (Å²) in [5.41, 5.74) is 5.10. The molecule has 3 aromatic heterocycles. The number of aromatic nitrogens is 5. The fourth-order valence-corrected chi connectivity index (χ4v) is 5.24. The number of anilines is 1. The van der Waals surface area contributed by atoms with Gasteiger partial charge in [-0.2, -0.15) is 18.3 Å². The van der Waals surface area contributed by atoms with Crippen LogP contribution in [-0.4, -0.2) is 93.0 Å². The van der Waals surface area contributed by atoms with Crippen molar-refractivity contribution in [2.24, 2.45) is 0 Å². The minimum atomic E-state index is -4.82. The molecule has 4 heterocycles. The van der Waals surface area contributed by atoms with Crippen LogP contribution in [0.1, 0.15) is 38.7 Å². The van der Waals surface area contributed by atoms with Gasteiger partial charge in [0, 0.05) is 26.2 Å². The van der Waals surface area contributed by atoms with Gasteiger partial charge in [0.15, 0.2) is 11.5 Å². The van der Waals surface area contributed by atoms with Crippen LogP contribution in [0.25, 0.3) is 22.6 Å². The standard InChI is InChI=1S/C30H32ClF3N10O5/c31-19-9-15(1-3-18(19)27(46)36-5-7-49-8-6-37-28(47)21-10-17(45)13-39-21)11-41-29(48)26-40-14-22(42-26)23-24(20-4-2-16(35)12-38-20)43-44-25(23)30(32,33)34/h1-4,9,12,14,17,21,39,45H,5-8,10-11,13,35H2,(H,36,46)(H,37,47)(H,40,42)(H,41,48)(H,43,44)/t17-,21+/m1/s1. The molecule has 1 saturated heterocycles. The Kier molecular flexibility index (Phi) is 11.1. The molecule has 9 N–H and O–H groups in total. The van der Waals surface area contributed by atoms with E-state index in [2.05, 4.69) is 46.4 Å². The Morgan fingerprint density at radius 3 is 2.49 bits per heavy atom. The van der Waals surface area contributed by atoms with Crippen molar-refractivity contribution in [2.45, 2.75) is 31.3 Å². The molecule has 1 aliphatic rings. The third-order valence-corrected chi connectivity index (χ3v) is 7.68. The zero-order valence-electron chi connectivity index (χ0n) is 25.7. The second-order valence-corrected chi connectivity index (χ2v) is 11.4. The van der Waals surface area contributed by atoms with Gasteiger partial charge in [-0.3, -0.25) is 24.5 Å². The summed E-state index contributed by atoms with van der Waals surface area (Å²) in [6, 6.07) is 7.04. The van der Waals surface area contributed by atoms with E-state index in [9.17, 15) is 32.7 Å². The van der Waals surface area contributed by atoms with Gasteiger partial charge in [-0.05, 0) is 36.2 Å². The number of imidazole rings is 1. The van der Waals surface area contributed by atoms with Crippen molar-refractivity contribution in [1.29, 1.82) is 0 Å². The highest BCUT2D eigenvalue weighted by Gasteiger charge is 2.39. The molecule has 0 bridgehead atoms. The van der Waals surface area contributed by atoms with Crippen LogP contribution in [0.2, 0.25) is 5.02 Å². The number of pyridine rings is 1. The lowest BCUT2D eigenvalue weighted by Crippen LogP contribution is -2.41. The number of aliphatic hydroxyl groups excluding tert-OH is 1. The Hall–Kier alpha value is -5.04. The maximum atomic E-state index is 13.8. The summed E-state index contributed by atoms with van der Waals surface area (Å²) >= 11 is 6.32. The van der Waals surface area contributed by atoms with Crippen LogP contribution in [0.3, 0.4) is 0 Å². The monoisotopic (exact) mass is 704 g/mol. The van der Waals surface area contributed by atoms with Crippen molar-refractivity contribution in [3.8, 4) is 22.6 Å². The molecule has 0 spiro atoms. The molecular weight excluding hydrogens is 673 g/mol. The Morgan fingerprint density at radius 1 is 1.04 bits per heavy atom. The van der Waals surface area contributed by atoms with E-state index in [0.717, 1.165) is 6.20 Å². The van der Waals surface area contributed by atoms with E-state index in [1.165, 1.54) is 30.5 Å². The number of ether oxygens (including phenoxy) is 1. The Balaban J connectivity index is 1.10. The molecule has 2 atom stereocenters. The highest BCUT2D eigenvalue weighted by Crippen LogP contribution is 2.40. The zero-order valence-corrected chi connectivity index (χ0v) is 26.4. The van der Waals surface area contributed by atoms with Crippen molar-refractivity contribution in [1.82, 2.24) is 46.4 Å². The molecule has 1 aliphatic heterocycles. The van der Waals surface area contributed by atoms with Crippen LogP contribution in [0.4, 0.5) is 18.9 Å². The van der Waals surface area contributed by atoms with Gasteiger partial charge in [0.2, 0.25) is 5.91 Å². The molecule has 3 amide bonds. The van der Waals surface area contributed by atoms with Gasteiger partial charge < -0.3 is 41.8 Å². The SMILES string of the molecule is Nc1ccc(-c2[nH]nc(C(F)(F)F)c2-c2cnc(C(=O)NCc3ccc(C(=O)NCCOCCNC(=O)[C@@H]4C[C@@H](O)CN4)c(Cl)c3)[nH]2)nc1. The highest BCUT2D eigenvalue weighted by molar-refractivity contribution is 6.33. The van der Waals surface area contributed by atoms with Gasteiger partial charge in [0.1, 0.15) is 0 Å². The number of alkyl halides is 3. The summed E-state index contributed by atoms with van der Waals surface area (Å²) in [6.45, 7) is 1.23. The number of nitrogens with two attached hydrogens (primary N) is 1. The van der Waals surface area contributed by atoms with Crippen molar-refractivity contribution in [2.75, 3.05) is 38.6 Å². The van der Waals surface area contributed by atoms with E-state index in [4.69, 9.17) is 22.1 Å². The van der Waals surface area contributed by atoms with Crippen molar-refractivity contribution < 1.29 is 37.4 Å². The van der Waals surface area contributed by atoms with Crippen LogP contribution in [0.15, 0.2) is 42.7 Å². The Labute approximate surface area is 281 Å². The first-order chi connectivity index (χ1) is 23.4. The summed E-state index contributed by atoms with van der Waals surface area (Å²) in [4.78, 5) is 48.1. The topological polar surface area (TPSA) is 225 Å². The number of amides is 3. The lowest BCUT2D eigenvalue weighted by molar-refractivity contribution is -0.140. The van der Waals surface area contributed by atoms with Crippen LogP contribution < -0.4 is 27.0 Å². The number of rotatable bonds is 13. The Bertz CT molecular complexity index is 1800. The summed E-state index contributed by atoms with van der Waals surface area (Å²) in [6.07, 6.45) is -2.61. The third kappa shape index (κ3) is 8.91. The second kappa shape index (κ2) is 15.5. The number of carbonyl (C=O) groups is 3. The first-order valence-electron chi connectivity index (χ1n) is 14.9. The summed E-state index contributed by atoms with van der Waals surface area (Å²) < 4.78 is 46.8. The number of aliphatic hydroxyl groups is 1. The number of H-pyrrole nitrogens is 2. The number of benzene rings is 1. The molecule has 5 rings (SSSR count). The van der Waals surface area contributed by atoms with Gasteiger partial charge in [-0.25, -0.2) is 4.98 Å². The molecule has 0 unspecified atom stereocenters. The molecule has 0 saturated carbocycles. The highest BCUT2D eigenvalue weighted by atomic mass is 35.5. The number of nitrogens with zero attached hydrogens (tertiary/aromatic N) is 3. The molecule has 15 nitrogen and oxygen atoms in total. The summed E-state index contributed by atoms with van der Waals surface area (Å²) in [5.74, 6) is -1.62. The molecular formula is C30H32ClF3N10O5. The average molecular weight is 705 g/mol. The van der Waals surface area contributed by atoms with Crippen LogP contribution in [0, 0.1) is 0 Å². The number of hydrogen-bond acceptors (Lipinski definition) is 10. The van der Waals surface area contributed by atoms with Gasteiger partial charge in [0.25, 0.3) is 11.8 Å². The molecule has 1 fully saturated rings. The van der Waals surface area contributed by atoms with E-state index in [0.29, 0.717) is 24.2 Å². The molecule has 19 heteroatoms. The maximum absolute atomic E-state index is 13.8. The number of carbonyl (C=O) groups excluding carboxylic acids is 3. The molecule has 0 aliphatic carbocycles. The average Bonchev–Trinajstić information content (AvgIpc) is 3.83. The number of nitrogens with one attached hydrogen (secondary N) is 6. The normalized spacial score (nSPS) is 16.0. The predicted molar refractivity (Wildman–Crippen MR) is 170 cm³/mol. The number of halogens is 4. The summed E-state index contributed by atoms with van der Waals surface area (Å²) in [7, 11) is 0. The molecule has 49 heavy (non-hydrogen) atoms.